The van der Waals surface area contributed by atoms with Gasteiger partial charge in [0.2, 0.25) is 0 Å². The van der Waals surface area contributed by atoms with E-state index < -0.39 is 0 Å². The normalized spacial score (nSPS) is 19.8. The Morgan fingerprint density at radius 1 is 1.17 bits per heavy atom. The molecular formula is C10H24N2. The van der Waals surface area contributed by atoms with E-state index in [1.54, 1.807) is 0 Å². The molecule has 0 aromatic heterocycles. The van der Waals surface area contributed by atoms with Gasteiger partial charge in [-0.15, -0.1) is 0 Å². The Kier molecular flexibility index (Phi) is 5.37. The van der Waals surface area contributed by atoms with Crippen molar-refractivity contribution in [3.63, 3.8) is 0 Å². The molecule has 2 N–H and O–H groups in total. The van der Waals surface area contributed by atoms with E-state index in [2.05, 4.69) is 10.6 Å². The Morgan fingerprint density at radius 2 is 1.92 bits per heavy atom. The van der Waals surface area contributed by atoms with Gasteiger partial charge in [0.1, 0.15) is 0 Å². The molecule has 1 fully saturated rings. The summed E-state index contributed by atoms with van der Waals surface area (Å²) in [6, 6.07) is 0.829. The van der Waals surface area contributed by atoms with Crippen LogP contribution in [0.25, 0.3) is 0 Å². The lowest BCUT2D eigenvalue weighted by Crippen LogP contribution is -2.32. The molecule has 2 nitrogen and oxygen atoms in total. The van der Waals surface area contributed by atoms with Gasteiger partial charge in [-0.3, -0.25) is 0 Å². The zero-order chi connectivity index (χ0) is 8.65. The fraction of sp³-hybridized carbons (Fsp3) is 1.00. The lowest BCUT2D eigenvalue weighted by molar-refractivity contribution is 0.372. The summed E-state index contributed by atoms with van der Waals surface area (Å²) in [4.78, 5) is 0. The number of hydrogen-bond acceptors (Lipinski definition) is 2. The zero-order valence-corrected chi connectivity index (χ0v) is 8.23. The molecule has 0 bridgehead atoms. The molecule has 0 spiro atoms. The average molecular weight is 172 g/mol. The van der Waals surface area contributed by atoms with Crippen molar-refractivity contribution in [3.8, 4) is 0 Å². The first kappa shape index (κ1) is 10.0. The Bertz CT molecular complexity index is 103. The highest BCUT2D eigenvalue weighted by Gasteiger charge is 2.11. The third kappa shape index (κ3) is 4.07. The quantitative estimate of drug-likeness (QED) is 0.618. The van der Waals surface area contributed by atoms with Crippen molar-refractivity contribution >= 4 is 0 Å². The Hall–Kier alpha value is -0.0800. The maximum atomic E-state index is 3.62. The predicted octanol–water partition coefficient (Wildman–Crippen LogP) is 1.76. The number of nitrogens with one attached hydrogen (secondary N) is 2. The van der Waals surface area contributed by atoms with Crippen LogP contribution in [0, 0.1) is 0 Å². The summed E-state index contributed by atoms with van der Waals surface area (Å²) in [5, 5.41) is 6.78. The molecule has 0 aromatic rings. The molecule has 0 atom stereocenters. The molecule has 0 saturated heterocycles. The summed E-state index contributed by atoms with van der Waals surface area (Å²) in [5.41, 5.74) is 0. The van der Waals surface area contributed by atoms with Gasteiger partial charge in [-0.2, -0.15) is 0 Å². The summed E-state index contributed by atoms with van der Waals surface area (Å²) in [5.74, 6) is 0. The minimum atomic E-state index is 0. The Balaban J connectivity index is 0.00000144. The lowest BCUT2D eigenvalue weighted by atomic mass is 9.95. The molecule has 0 heterocycles. The van der Waals surface area contributed by atoms with Crippen molar-refractivity contribution in [3.05, 3.63) is 0 Å². The summed E-state index contributed by atoms with van der Waals surface area (Å²) in [7, 11) is 2.01. The van der Waals surface area contributed by atoms with Gasteiger partial charge in [-0.25, -0.2) is 0 Å². The molecule has 74 valence electrons. The number of hydrogen-bond donors (Lipinski definition) is 2. The molecule has 1 aliphatic rings. The van der Waals surface area contributed by atoms with Crippen molar-refractivity contribution in [2.75, 3.05) is 20.1 Å². The van der Waals surface area contributed by atoms with E-state index in [0.29, 0.717) is 0 Å². The van der Waals surface area contributed by atoms with Crippen LogP contribution in [0.1, 0.15) is 40.0 Å². The standard InChI is InChI=1S/C10H22N2.H2/c1-11-8-5-9-12-10-6-3-2-4-7-10;/h10-12H,2-9H2,1H3;1H. The highest BCUT2D eigenvalue weighted by molar-refractivity contribution is 4.71. The second-order valence-electron chi connectivity index (χ2n) is 3.75. The van der Waals surface area contributed by atoms with Gasteiger partial charge in [0.05, 0.1) is 0 Å². The largest absolute Gasteiger partial charge is 0.320 e. The van der Waals surface area contributed by atoms with Crippen LogP contribution < -0.4 is 10.6 Å². The van der Waals surface area contributed by atoms with Crippen LogP contribution in [0.2, 0.25) is 0 Å². The van der Waals surface area contributed by atoms with Crippen molar-refractivity contribution in [2.24, 2.45) is 0 Å². The van der Waals surface area contributed by atoms with E-state index in [1.165, 1.54) is 45.1 Å². The molecule has 0 radical (unpaired) electrons. The Morgan fingerprint density at radius 3 is 2.58 bits per heavy atom. The van der Waals surface area contributed by atoms with Crippen LogP contribution in [-0.2, 0) is 0 Å². The second-order valence-corrected chi connectivity index (χ2v) is 3.75. The fourth-order valence-corrected chi connectivity index (χ4v) is 1.88. The van der Waals surface area contributed by atoms with Gasteiger partial charge >= 0.3 is 0 Å². The summed E-state index contributed by atoms with van der Waals surface area (Å²) < 4.78 is 0. The average Bonchev–Trinajstić information content (AvgIpc) is 2.14. The van der Waals surface area contributed by atoms with Gasteiger partial charge in [-0.05, 0) is 39.4 Å². The topological polar surface area (TPSA) is 24.1 Å². The van der Waals surface area contributed by atoms with Crippen LogP contribution in [-0.4, -0.2) is 26.2 Å². The van der Waals surface area contributed by atoms with Crippen LogP contribution in [0.4, 0.5) is 0 Å². The summed E-state index contributed by atoms with van der Waals surface area (Å²) >= 11 is 0. The lowest BCUT2D eigenvalue weighted by Gasteiger charge is -2.22. The second kappa shape index (κ2) is 6.44. The first-order valence-corrected chi connectivity index (χ1v) is 5.31. The van der Waals surface area contributed by atoms with Crippen molar-refractivity contribution in [1.29, 1.82) is 0 Å². The highest BCUT2D eigenvalue weighted by atomic mass is 14.9. The van der Waals surface area contributed by atoms with Gasteiger partial charge in [0.15, 0.2) is 0 Å². The zero-order valence-electron chi connectivity index (χ0n) is 8.23. The molecule has 0 aliphatic heterocycles. The molecule has 1 aliphatic carbocycles. The van der Waals surface area contributed by atoms with E-state index >= 15 is 0 Å². The van der Waals surface area contributed by atoms with E-state index in [0.717, 1.165) is 12.6 Å². The van der Waals surface area contributed by atoms with Crippen molar-refractivity contribution < 1.29 is 1.43 Å². The molecule has 0 aromatic carbocycles. The van der Waals surface area contributed by atoms with Crippen molar-refractivity contribution in [1.82, 2.24) is 10.6 Å². The molecule has 12 heavy (non-hydrogen) atoms. The van der Waals surface area contributed by atoms with E-state index in [1.807, 2.05) is 7.05 Å². The molecule has 1 saturated carbocycles. The van der Waals surface area contributed by atoms with Crippen molar-refractivity contribution in [2.45, 2.75) is 44.6 Å². The summed E-state index contributed by atoms with van der Waals surface area (Å²) in [6.07, 6.45) is 8.38. The van der Waals surface area contributed by atoms with Gasteiger partial charge in [-0.1, -0.05) is 19.3 Å². The maximum absolute atomic E-state index is 3.62. The van der Waals surface area contributed by atoms with Crippen LogP contribution >= 0.6 is 0 Å². The smallest absolute Gasteiger partial charge is 0.00670 e. The number of rotatable bonds is 5. The monoisotopic (exact) mass is 172 g/mol. The molecule has 0 unspecified atom stereocenters. The van der Waals surface area contributed by atoms with E-state index in [9.17, 15) is 0 Å². The molecule has 0 amide bonds. The SMILES string of the molecule is CNCCCNC1CCCCC1.[HH]. The minimum Gasteiger partial charge on any atom is -0.320 e. The third-order valence-corrected chi connectivity index (χ3v) is 2.64. The van der Waals surface area contributed by atoms with Crippen LogP contribution in [0.3, 0.4) is 0 Å². The third-order valence-electron chi connectivity index (χ3n) is 2.64. The predicted molar refractivity (Wildman–Crippen MR) is 55.5 cm³/mol. The molecule has 2 heteroatoms. The molecular weight excluding hydrogens is 148 g/mol. The van der Waals surface area contributed by atoms with E-state index in [4.69, 9.17) is 0 Å². The highest BCUT2D eigenvalue weighted by Crippen LogP contribution is 2.16. The first-order valence-electron chi connectivity index (χ1n) is 5.31. The van der Waals surface area contributed by atoms with E-state index in [-0.39, 0.29) is 1.43 Å². The first-order chi connectivity index (χ1) is 5.93. The van der Waals surface area contributed by atoms with Gasteiger partial charge in [0, 0.05) is 7.47 Å². The summed E-state index contributed by atoms with van der Waals surface area (Å²) in [6.45, 7) is 2.32. The molecule has 1 rings (SSSR count). The van der Waals surface area contributed by atoms with Crippen LogP contribution in [0.15, 0.2) is 0 Å². The van der Waals surface area contributed by atoms with Crippen LogP contribution in [0.5, 0.6) is 0 Å². The van der Waals surface area contributed by atoms with Gasteiger partial charge in [0.25, 0.3) is 0 Å². The fourth-order valence-electron chi connectivity index (χ4n) is 1.88. The Labute approximate surface area is 77.6 Å². The van der Waals surface area contributed by atoms with Gasteiger partial charge < -0.3 is 10.6 Å². The maximum Gasteiger partial charge on any atom is 0.00670 e. The minimum absolute atomic E-state index is 0.